The number of benzene rings is 1. The lowest BCUT2D eigenvalue weighted by atomic mass is 10.0. The molecule has 22 heavy (non-hydrogen) atoms. The van der Waals surface area contributed by atoms with E-state index in [0.717, 1.165) is 5.56 Å². The Labute approximate surface area is 127 Å². The molecule has 1 heterocycles. The second kappa shape index (κ2) is 6.19. The number of carboxylic acids is 1. The molecule has 0 spiro atoms. The quantitative estimate of drug-likeness (QED) is 0.731. The normalized spacial score (nSPS) is 12.7. The monoisotopic (exact) mass is 305 g/mol. The van der Waals surface area contributed by atoms with Crippen molar-refractivity contribution < 1.29 is 19.4 Å². The van der Waals surface area contributed by atoms with Crippen LogP contribution in [-0.4, -0.2) is 22.2 Å². The van der Waals surface area contributed by atoms with Crippen LogP contribution in [0.25, 0.3) is 11.0 Å². The van der Waals surface area contributed by atoms with Crippen molar-refractivity contribution in [2.24, 2.45) is 5.92 Å². The molecule has 0 aliphatic heterocycles. The number of carbonyl (C=O) groups is 1. The van der Waals surface area contributed by atoms with Gasteiger partial charge in [0, 0.05) is 18.0 Å². The van der Waals surface area contributed by atoms with Crippen LogP contribution in [0.3, 0.4) is 0 Å². The van der Waals surface area contributed by atoms with Crippen LogP contribution in [0.15, 0.2) is 27.4 Å². The molecule has 6 heteroatoms. The molecule has 1 aromatic heterocycles. The first-order chi connectivity index (χ1) is 10.3. The molecule has 0 radical (unpaired) electrons. The molecule has 0 amide bonds. The Hall–Kier alpha value is -2.34. The fourth-order valence-electron chi connectivity index (χ4n) is 2.42. The number of aryl methyl sites for hydroxylation is 1. The van der Waals surface area contributed by atoms with E-state index in [1.807, 2.05) is 0 Å². The summed E-state index contributed by atoms with van der Waals surface area (Å²) in [5, 5.41) is 22.8. The zero-order valence-electron chi connectivity index (χ0n) is 12.7. The van der Waals surface area contributed by atoms with Crippen molar-refractivity contribution in [3.05, 3.63) is 39.7 Å². The molecule has 0 aliphatic rings. The van der Waals surface area contributed by atoms with Crippen molar-refractivity contribution in [2.75, 3.05) is 0 Å². The minimum atomic E-state index is -0.965. The van der Waals surface area contributed by atoms with Gasteiger partial charge < -0.3 is 14.6 Å². The predicted molar refractivity (Wildman–Crippen MR) is 82.0 cm³/mol. The molecule has 1 atom stereocenters. The van der Waals surface area contributed by atoms with E-state index in [0.29, 0.717) is 10.9 Å². The van der Waals surface area contributed by atoms with Crippen LogP contribution in [0.2, 0.25) is 0 Å². The minimum Gasteiger partial charge on any atom is -0.507 e. The van der Waals surface area contributed by atoms with Gasteiger partial charge in [0.2, 0.25) is 0 Å². The molecular weight excluding hydrogens is 286 g/mol. The van der Waals surface area contributed by atoms with Gasteiger partial charge in [0.15, 0.2) is 0 Å². The number of aliphatic carboxylic acids is 1. The van der Waals surface area contributed by atoms with E-state index in [1.54, 1.807) is 26.8 Å². The highest BCUT2D eigenvalue weighted by Gasteiger charge is 2.22. The van der Waals surface area contributed by atoms with E-state index in [4.69, 9.17) is 4.42 Å². The Balaban J connectivity index is 2.44. The number of fused-ring (bicyclic) bond motifs is 1. The molecule has 0 bridgehead atoms. The van der Waals surface area contributed by atoms with Gasteiger partial charge >= 0.3 is 11.6 Å². The van der Waals surface area contributed by atoms with E-state index < -0.39 is 17.6 Å². The second-order valence-corrected chi connectivity index (χ2v) is 5.63. The van der Waals surface area contributed by atoms with Crippen LogP contribution in [0.4, 0.5) is 0 Å². The van der Waals surface area contributed by atoms with Crippen molar-refractivity contribution >= 4 is 16.9 Å². The second-order valence-electron chi connectivity index (χ2n) is 5.63. The van der Waals surface area contributed by atoms with Gasteiger partial charge in [-0.3, -0.25) is 10.1 Å². The lowest BCUT2D eigenvalue weighted by Gasteiger charge is -2.18. The third-order valence-corrected chi connectivity index (χ3v) is 3.63. The number of hydrogen-bond donors (Lipinski definition) is 3. The molecule has 3 N–H and O–H groups in total. The Kier molecular flexibility index (Phi) is 4.51. The standard InChI is InChI=1S/C16H19NO5/c1-8(2)14(16(20)21)17-7-11-12(18)5-4-10-9(3)6-13(19)22-15(10)11/h4-6,8,14,17-18H,7H2,1-3H3,(H,20,21)/t14-/m1/s1. The van der Waals surface area contributed by atoms with Gasteiger partial charge in [-0.15, -0.1) is 0 Å². The first-order valence-corrected chi connectivity index (χ1v) is 7.02. The van der Waals surface area contributed by atoms with E-state index in [2.05, 4.69) is 5.32 Å². The maximum absolute atomic E-state index is 11.6. The summed E-state index contributed by atoms with van der Waals surface area (Å²) in [6.07, 6.45) is 0. The van der Waals surface area contributed by atoms with E-state index in [-0.39, 0.29) is 23.8 Å². The number of phenolic OH excluding ortho intramolecular Hbond substituents is 1. The molecule has 0 fully saturated rings. The number of phenols is 1. The number of aromatic hydroxyl groups is 1. The average Bonchev–Trinajstić information content (AvgIpc) is 2.40. The first kappa shape index (κ1) is 16.0. The zero-order chi connectivity index (χ0) is 16.4. The summed E-state index contributed by atoms with van der Waals surface area (Å²) in [6.45, 7) is 5.45. The van der Waals surface area contributed by atoms with Crippen molar-refractivity contribution in [3.8, 4) is 5.75 Å². The number of nitrogens with one attached hydrogen (secondary N) is 1. The zero-order valence-corrected chi connectivity index (χ0v) is 12.7. The Bertz CT molecular complexity index is 763. The van der Waals surface area contributed by atoms with Crippen LogP contribution in [0.5, 0.6) is 5.75 Å². The Morgan fingerprint density at radius 1 is 1.36 bits per heavy atom. The first-order valence-electron chi connectivity index (χ1n) is 7.02. The Morgan fingerprint density at radius 3 is 2.64 bits per heavy atom. The highest BCUT2D eigenvalue weighted by Crippen LogP contribution is 2.28. The maximum Gasteiger partial charge on any atom is 0.336 e. The third-order valence-electron chi connectivity index (χ3n) is 3.63. The smallest absolute Gasteiger partial charge is 0.336 e. The lowest BCUT2D eigenvalue weighted by molar-refractivity contribution is -0.140. The van der Waals surface area contributed by atoms with Gasteiger partial charge in [-0.25, -0.2) is 4.79 Å². The van der Waals surface area contributed by atoms with Gasteiger partial charge in [-0.1, -0.05) is 13.8 Å². The summed E-state index contributed by atoms with van der Waals surface area (Å²) in [5.74, 6) is -1.13. The molecule has 6 nitrogen and oxygen atoms in total. The van der Waals surface area contributed by atoms with Gasteiger partial charge in [0.05, 0.1) is 5.56 Å². The molecule has 0 unspecified atom stereocenters. The average molecular weight is 305 g/mol. The SMILES string of the molecule is Cc1cc(=O)oc2c(CN[C@@H](C(=O)O)C(C)C)c(O)ccc12. The van der Waals surface area contributed by atoms with Crippen LogP contribution in [-0.2, 0) is 11.3 Å². The van der Waals surface area contributed by atoms with Crippen molar-refractivity contribution in [1.82, 2.24) is 5.32 Å². The van der Waals surface area contributed by atoms with Gasteiger partial charge in [0.1, 0.15) is 17.4 Å². The van der Waals surface area contributed by atoms with E-state index in [1.165, 1.54) is 12.1 Å². The Morgan fingerprint density at radius 2 is 2.05 bits per heavy atom. The summed E-state index contributed by atoms with van der Waals surface area (Å²) in [6, 6.07) is 3.80. The summed E-state index contributed by atoms with van der Waals surface area (Å²) >= 11 is 0. The summed E-state index contributed by atoms with van der Waals surface area (Å²) in [4.78, 5) is 22.8. The number of rotatable bonds is 5. The number of carboxylic acid groups (broad SMARTS) is 1. The molecule has 118 valence electrons. The van der Waals surface area contributed by atoms with E-state index in [9.17, 15) is 19.8 Å². The molecule has 0 saturated heterocycles. The van der Waals surface area contributed by atoms with Gasteiger partial charge in [-0.05, 0) is 30.5 Å². The molecule has 0 aliphatic carbocycles. The molecular formula is C16H19NO5. The maximum atomic E-state index is 11.6. The van der Waals surface area contributed by atoms with Crippen LogP contribution in [0.1, 0.15) is 25.0 Å². The summed E-state index contributed by atoms with van der Waals surface area (Å²) < 4.78 is 5.20. The van der Waals surface area contributed by atoms with Gasteiger partial charge in [-0.2, -0.15) is 0 Å². The van der Waals surface area contributed by atoms with Gasteiger partial charge in [0.25, 0.3) is 0 Å². The van der Waals surface area contributed by atoms with Crippen LogP contribution < -0.4 is 10.9 Å². The van der Waals surface area contributed by atoms with Crippen molar-refractivity contribution in [1.29, 1.82) is 0 Å². The summed E-state index contributed by atoms with van der Waals surface area (Å²) in [5.41, 5.74) is 0.900. The third kappa shape index (κ3) is 3.12. The highest BCUT2D eigenvalue weighted by molar-refractivity contribution is 5.85. The van der Waals surface area contributed by atoms with Crippen LogP contribution >= 0.6 is 0 Å². The summed E-state index contributed by atoms with van der Waals surface area (Å²) in [7, 11) is 0. The minimum absolute atomic E-state index is 0.0401. The van der Waals surface area contributed by atoms with E-state index >= 15 is 0 Å². The fourth-order valence-corrected chi connectivity index (χ4v) is 2.42. The molecule has 2 rings (SSSR count). The van der Waals surface area contributed by atoms with Crippen molar-refractivity contribution in [3.63, 3.8) is 0 Å². The molecule has 1 aromatic carbocycles. The lowest BCUT2D eigenvalue weighted by Crippen LogP contribution is -2.40. The highest BCUT2D eigenvalue weighted by atomic mass is 16.4. The van der Waals surface area contributed by atoms with Crippen molar-refractivity contribution in [2.45, 2.75) is 33.4 Å². The predicted octanol–water partition coefficient (Wildman–Crippen LogP) is 2.01. The fraction of sp³-hybridized carbons (Fsp3) is 0.375. The molecule has 0 saturated carbocycles. The number of hydrogen-bond acceptors (Lipinski definition) is 5. The largest absolute Gasteiger partial charge is 0.507 e. The molecule has 2 aromatic rings. The van der Waals surface area contributed by atoms with Crippen LogP contribution in [0, 0.1) is 12.8 Å². The topological polar surface area (TPSA) is 99.8 Å².